The van der Waals surface area contributed by atoms with E-state index in [0.29, 0.717) is 5.25 Å². The van der Waals surface area contributed by atoms with Crippen molar-refractivity contribution in [2.75, 3.05) is 5.75 Å². The maximum absolute atomic E-state index is 11.3. The van der Waals surface area contributed by atoms with Gasteiger partial charge >= 0.3 is 0 Å². The van der Waals surface area contributed by atoms with Gasteiger partial charge in [-0.25, -0.2) is 0 Å². The highest BCUT2D eigenvalue weighted by Crippen LogP contribution is 2.18. The van der Waals surface area contributed by atoms with E-state index in [4.69, 9.17) is 5.73 Å². The highest BCUT2D eigenvalue weighted by molar-refractivity contribution is 7.99. The Kier molecular flexibility index (Phi) is 5.52. The van der Waals surface area contributed by atoms with Crippen LogP contribution < -0.4 is 11.1 Å². The molecule has 0 aliphatic heterocycles. The van der Waals surface area contributed by atoms with Gasteiger partial charge in [-0.3, -0.25) is 4.79 Å². The molecule has 0 saturated heterocycles. The molecular weight excluding hydrogens is 196 g/mol. The zero-order valence-corrected chi connectivity index (χ0v) is 10.6. The monoisotopic (exact) mass is 218 g/mol. The van der Waals surface area contributed by atoms with Crippen molar-refractivity contribution >= 4 is 17.7 Å². The second kappa shape index (κ2) is 5.61. The lowest BCUT2D eigenvalue weighted by Crippen LogP contribution is -2.57. The molecular formula is C10H22N2OS. The smallest absolute Gasteiger partial charge is 0.238 e. The van der Waals surface area contributed by atoms with Gasteiger partial charge in [-0.05, 0) is 26.0 Å². The van der Waals surface area contributed by atoms with Crippen molar-refractivity contribution in [3.8, 4) is 0 Å². The summed E-state index contributed by atoms with van der Waals surface area (Å²) in [5.74, 6) is 0.442. The number of hydrogen-bond donors (Lipinski definition) is 2. The highest BCUT2D eigenvalue weighted by Gasteiger charge is 2.31. The molecule has 1 unspecified atom stereocenters. The first kappa shape index (κ1) is 13.8. The molecule has 0 saturated carbocycles. The normalized spacial score (nSPS) is 15.9. The van der Waals surface area contributed by atoms with Crippen molar-refractivity contribution < 1.29 is 4.79 Å². The van der Waals surface area contributed by atoms with Crippen LogP contribution in [0.25, 0.3) is 0 Å². The fraction of sp³-hybridized carbons (Fsp3) is 0.900. The first-order chi connectivity index (χ1) is 6.28. The van der Waals surface area contributed by atoms with Gasteiger partial charge in [0.2, 0.25) is 5.91 Å². The Balaban J connectivity index is 4.32. The Labute approximate surface area is 91.2 Å². The van der Waals surface area contributed by atoms with Crippen LogP contribution in [0.3, 0.4) is 0 Å². The molecule has 0 heterocycles. The average molecular weight is 218 g/mol. The lowest BCUT2D eigenvalue weighted by atomic mass is 10.0. The van der Waals surface area contributed by atoms with Crippen LogP contribution in [0, 0.1) is 0 Å². The number of amides is 1. The molecule has 0 spiro atoms. The van der Waals surface area contributed by atoms with Crippen molar-refractivity contribution in [1.82, 2.24) is 5.32 Å². The third-order valence-electron chi connectivity index (χ3n) is 1.86. The Morgan fingerprint density at radius 1 is 1.43 bits per heavy atom. The number of carbonyl (C=O) groups is 1. The summed E-state index contributed by atoms with van der Waals surface area (Å²) in [5, 5.41) is 3.73. The van der Waals surface area contributed by atoms with E-state index < -0.39 is 5.54 Å². The summed E-state index contributed by atoms with van der Waals surface area (Å²) in [6.07, 6.45) is 0. The van der Waals surface area contributed by atoms with E-state index in [1.54, 1.807) is 11.8 Å². The zero-order valence-electron chi connectivity index (χ0n) is 9.76. The van der Waals surface area contributed by atoms with Gasteiger partial charge < -0.3 is 11.1 Å². The van der Waals surface area contributed by atoms with Crippen molar-refractivity contribution in [3.05, 3.63) is 0 Å². The summed E-state index contributed by atoms with van der Waals surface area (Å²) >= 11 is 1.75. The molecule has 14 heavy (non-hydrogen) atoms. The third kappa shape index (κ3) is 4.86. The molecule has 4 heteroatoms. The molecule has 0 aliphatic rings. The number of primary amides is 1. The summed E-state index contributed by atoms with van der Waals surface area (Å²) in [6, 6.07) is 0.264. The number of thioether (sulfide) groups is 1. The largest absolute Gasteiger partial charge is 0.368 e. The van der Waals surface area contributed by atoms with Crippen LogP contribution in [0.15, 0.2) is 0 Å². The molecule has 0 aliphatic carbocycles. The molecule has 1 amide bonds. The van der Waals surface area contributed by atoms with Crippen LogP contribution in [0.5, 0.6) is 0 Å². The predicted molar refractivity (Wildman–Crippen MR) is 63.5 cm³/mol. The minimum absolute atomic E-state index is 0.264. The summed E-state index contributed by atoms with van der Waals surface area (Å²) in [5.41, 5.74) is 4.80. The third-order valence-corrected chi connectivity index (χ3v) is 3.27. The van der Waals surface area contributed by atoms with Crippen LogP contribution in [0.4, 0.5) is 0 Å². The second-order valence-corrected chi connectivity index (χ2v) is 5.92. The van der Waals surface area contributed by atoms with Crippen LogP contribution >= 0.6 is 11.8 Å². The maximum Gasteiger partial charge on any atom is 0.238 e. The molecule has 3 nitrogen and oxygen atoms in total. The number of hydrogen-bond acceptors (Lipinski definition) is 3. The van der Waals surface area contributed by atoms with Crippen molar-refractivity contribution in [1.29, 1.82) is 0 Å². The minimum atomic E-state index is -0.594. The molecule has 0 bridgehead atoms. The Morgan fingerprint density at radius 3 is 2.21 bits per heavy atom. The van der Waals surface area contributed by atoms with Crippen LogP contribution in [-0.4, -0.2) is 28.5 Å². The van der Waals surface area contributed by atoms with E-state index >= 15 is 0 Å². The van der Waals surface area contributed by atoms with E-state index in [2.05, 4.69) is 19.2 Å². The first-order valence-corrected chi connectivity index (χ1v) is 6.02. The lowest BCUT2D eigenvalue weighted by molar-refractivity contribution is -0.123. The van der Waals surface area contributed by atoms with Gasteiger partial charge in [0.1, 0.15) is 5.54 Å². The number of nitrogens with two attached hydrogens (primary N) is 1. The lowest BCUT2D eigenvalue weighted by Gasteiger charge is -2.30. The zero-order chi connectivity index (χ0) is 11.4. The fourth-order valence-corrected chi connectivity index (χ4v) is 2.05. The first-order valence-electron chi connectivity index (χ1n) is 4.97. The fourth-order valence-electron chi connectivity index (χ4n) is 1.15. The van der Waals surface area contributed by atoms with E-state index in [9.17, 15) is 4.79 Å². The van der Waals surface area contributed by atoms with E-state index in [1.807, 2.05) is 20.8 Å². The molecule has 0 radical (unpaired) electrons. The molecule has 0 fully saturated rings. The molecule has 1 atom stereocenters. The van der Waals surface area contributed by atoms with Gasteiger partial charge in [-0.15, -0.1) is 0 Å². The summed E-state index contributed by atoms with van der Waals surface area (Å²) in [6.45, 7) is 10.1. The molecule has 0 aromatic heterocycles. The molecule has 3 N–H and O–H groups in total. The molecule has 0 aromatic carbocycles. The van der Waals surface area contributed by atoms with Crippen molar-refractivity contribution in [2.45, 2.75) is 51.4 Å². The Hall–Kier alpha value is -0.220. The van der Waals surface area contributed by atoms with Crippen molar-refractivity contribution in [2.24, 2.45) is 5.73 Å². The highest BCUT2D eigenvalue weighted by atomic mass is 32.2. The van der Waals surface area contributed by atoms with Crippen LogP contribution in [-0.2, 0) is 4.79 Å². The van der Waals surface area contributed by atoms with Crippen LogP contribution in [0.2, 0.25) is 0 Å². The minimum Gasteiger partial charge on any atom is -0.368 e. The average Bonchev–Trinajstić information content (AvgIpc) is 1.99. The topological polar surface area (TPSA) is 55.1 Å². The van der Waals surface area contributed by atoms with Gasteiger partial charge in [0, 0.05) is 11.8 Å². The Bertz CT molecular complexity index is 195. The Morgan fingerprint density at radius 2 is 1.93 bits per heavy atom. The van der Waals surface area contributed by atoms with Crippen molar-refractivity contribution in [3.63, 3.8) is 0 Å². The van der Waals surface area contributed by atoms with Gasteiger partial charge in [0.05, 0.1) is 0 Å². The number of carbonyl (C=O) groups excluding carboxylic acids is 1. The molecule has 0 rings (SSSR count). The summed E-state index contributed by atoms with van der Waals surface area (Å²) in [7, 11) is 0. The second-order valence-electron chi connectivity index (χ2n) is 4.36. The van der Waals surface area contributed by atoms with E-state index in [0.717, 1.165) is 5.75 Å². The quantitative estimate of drug-likeness (QED) is 0.708. The van der Waals surface area contributed by atoms with E-state index in [1.165, 1.54) is 0 Å². The van der Waals surface area contributed by atoms with Crippen LogP contribution in [0.1, 0.15) is 34.6 Å². The SMILES string of the molecule is CC(C)NC(C)(CSC(C)C)C(N)=O. The summed E-state index contributed by atoms with van der Waals surface area (Å²) < 4.78 is 0. The van der Waals surface area contributed by atoms with Gasteiger partial charge in [-0.1, -0.05) is 13.8 Å². The molecule has 0 aromatic rings. The number of rotatable bonds is 6. The molecule has 84 valence electrons. The standard InChI is InChI=1S/C10H22N2OS/c1-7(2)12-10(5,9(11)13)6-14-8(3)4/h7-8,12H,6H2,1-5H3,(H2,11,13). The predicted octanol–water partition coefficient (Wildman–Crippen LogP) is 1.37. The van der Waals surface area contributed by atoms with E-state index in [-0.39, 0.29) is 11.9 Å². The number of nitrogens with one attached hydrogen (secondary N) is 1. The van der Waals surface area contributed by atoms with Gasteiger partial charge in [-0.2, -0.15) is 11.8 Å². The summed E-state index contributed by atoms with van der Waals surface area (Å²) in [4.78, 5) is 11.3. The van der Waals surface area contributed by atoms with Gasteiger partial charge in [0.25, 0.3) is 0 Å². The maximum atomic E-state index is 11.3. The van der Waals surface area contributed by atoms with Gasteiger partial charge in [0.15, 0.2) is 0 Å².